The Labute approximate surface area is 367 Å². The molecule has 294 valence electrons. The number of fused-ring (bicyclic) bond motifs is 6. The van der Waals surface area contributed by atoms with Crippen molar-refractivity contribution >= 4 is 21.5 Å². The van der Waals surface area contributed by atoms with Crippen LogP contribution in [0, 0.1) is 0 Å². The standard InChI is InChI=1S/C61H40N2/c1-5-19-41(20-6-1)47-28-15-18-32-52(47)57-40-58(63-60(62-57)43-22-7-2-8-23-43)53-36-35-48(50-30-16-17-31-51(50)53)44-34-37-55-54(39-44)59-49-29-14-13-21-42(49)33-38-56(59)61(55,45-24-9-3-10-25-45)46-26-11-4-12-27-46/h1-40H. The van der Waals surface area contributed by atoms with Gasteiger partial charge in [-0.3, -0.25) is 0 Å². The smallest absolute Gasteiger partial charge is 0.160 e. The van der Waals surface area contributed by atoms with E-state index in [-0.39, 0.29) is 0 Å². The van der Waals surface area contributed by atoms with E-state index < -0.39 is 5.41 Å². The molecule has 1 aliphatic rings. The Balaban J connectivity index is 1.07. The Hall–Kier alpha value is -8.20. The van der Waals surface area contributed by atoms with Gasteiger partial charge in [-0.25, -0.2) is 9.97 Å². The molecule has 11 aromatic rings. The van der Waals surface area contributed by atoms with E-state index in [2.05, 4.69) is 237 Å². The van der Waals surface area contributed by atoms with E-state index in [9.17, 15) is 0 Å². The zero-order valence-corrected chi connectivity index (χ0v) is 34.5. The summed E-state index contributed by atoms with van der Waals surface area (Å²) in [6.07, 6.45) is 0. The number of hydrogen-bond acceptors (Lipinski definition) is 2. The lowest BCUT2D eigenvalue weighted by Gasteiger charge is -2.34. The fourth-order valence-electron chi connectivity index (χ4n) is 10.2. The van der Waals surface area contributed by atoms with Crippen LogP contribution in [0.4, 0.5) is 0 Å². The van der Waals surface area contributed by atoms with Gasteiger partial charge in [0.15, 0.2) is 5.82 Å². The van der Waals surface area contributed by atoms with E-state index in [1.165, 1.54) is 60.7 Å². The van der Waals surface area contributed by atoms with Crippen LogP contribution in [0.1, 0.15) is 22.3 Å². The first-order valence-electron chi connectivity index (χ1n) is 21.7. The predicted molar refractivity (Wildman–Crippen MR) is 262 cm³/mol. The first-order chi connectivity index (χ1) is 31.3. The largest absolute Gasteiger partial charge is 0.228 e. The molecule has 0 saturated carbocycles. The fraction of sp³-hybridized carbons (Fsp3) is 0.0164. The van der Waals surface area contributed by atoms with Gasteiger partial charge in [-0.05, 0) is 89.3 Å². The maximum Gasteiger partial charge on any atom is 0.160 e. The van der Waals surface area contributed by atoms with Gasteiger partial charge in [0, 0.05) is 16.7 Å². The van der Waals surface area contributed by atoms with Crippen molar-refractivity contribution in [2.75, 3.05) is 0 Å². The molecule has 2 nitrogen and oxygen atoms in total. The van der Waals surface area contributed by atoms with E-state index in [1.807, 2.05) is 6.07 Å². The van der Waals surface area contributed by atoms with Gasteiger partial charge in [0.2, 0.25) is 0 Å². The molecular weight excluding hydrogens is 761 g/mol. The van der Waals surface area contributed by atoms with Crippen LogP contribution in [0.2, 0.25) is 0 Å². The van der Waals surface area contributed by atoms with Crippen molar-refractivity contribution in [3.8, 4) is 67.3 Å². The Morgan fingerprint density at radius 1 is 0.286 bits per heavy atom. The van der Waals surface area contributed by atoms with Gasteiger partial charge in [0.25, 0.3) is 0 Å². The van der Waals surface area contributed by atoms with Gasteiger partial charge in [-0.1, -0.05) is 231 Å². The number of rotatable bonds is 7. The molecule has 0 spiro atoms. The molecule has 2 heteroatoms. The maximum absolute atomic E-state index is 5.32. The van der Waals surface area contributed by atoms with Gasteiger partial charge >= 0.3 is 0 Å². The average molecular weight is 801 g/mol. The number of nitrogens with zero attached hydrogens (tertiary/aromatic N) is 2. The second-order valence-corrected chi connectivity index (χ2v) is 16.4. The van der Waals surface area contributed by atoms with Crippen LogP contribution >= 0.6 is 0 Å². The number of aromatic nitrogens is 2. The molecule has 0 amide bonds. The molecule has 0 unspecified atom stereocenters. The summed E-state index contributed by atoms with van der Waals surface area (Å²) >= 11 is 0. The molecule has 1 heterocycles. The van der Waals surface area contributed by atoms with E-state index >= 15 is 0 Å². The van der Waals surface area contributed by atoms with E-state index in [0.717, 1.165) is 44.6 Å². The number of hydrogen-bond donors (Lipinski definition) is 0. The molecule has 0 saturated heterocycles. The summed E-state index contributed by atoms with van der Waals surface area (Å²) in [5, 5.41) is 4.83. The van der Waals surface area contributed by atoms with Gasteiger partial charge in [-0.2, -0.15) is 0 Å². The third-order valence-corrected chi connectivity index (χ3v) is 13.0. The summed E-state index contributed by atoms with van der Waals surface area (Å²) in [5.41, 5.74) is 16.8. The Bertz CT molecular complexity index is 3450. The SMILES string of the molecule is c1ccc(-c2nc(-c3ccccc3-c3ccccc3)cc(-c3ccc(-c4ccc5c(c4)-c4c(ccc6ccccc46)C5(c4ccccc4)c4ccccc4)c4ccccc34)n2)cc1. The molecule has 0 fully saturated rings. The highest BCUT2D eigenvalue weighted by Crippen LogP contribution is 2.58. The van der Waals surface area contributed by atoms with Gasteiger partial charge in [0.05, 0.1) is 16.8 Å². The van der Waals surface area contributed by atoms with Gasteiger partial charge in [0.1, 0.15) is 0 Å². The fourth-order valence-corrected chi connectivity index (χ4v) is 10.2. The monoisotopic (exact) mass is 800 g/mol. The minimum absolute atomic E-state index is 0.484. The van der Waals surface area contributed by atoms with Crippen molar-refractivity contribution in [1.29, 1.82) is 0 Å². The first-order valence-corrected chi connectivity index (χ1v) is 21.7. The van der Waals surface area contributed by atoms with Crippen molar-refractivity contribution in [2.24, 2.45) is 0 Å². The Morgan fingerprint density at radius 3 is 1.48 bits per heavy atom. The van der Waals surface area contributed by atoms with Crippen molar-refractivity contribution < 1.29 is 0 Å². The molecule has 0 bridgehead atoms. The van der Waals surface area contributed by atoms with Gasteiger partial charge in [-0.15, -0.1) is 0 Å². The van der Waals surface area contributed by atoms with Gasteiger partial charge < -0.3 is 0 Å². The summed E-state index contributed by atoms with van der Waals surface area (Å²) in [5.74, 6) is 0.698. The van der Waals surface area contributed by atoms with Crippen molar-refractivity contribution in [3.05, 3.63) is 265 Å². The second kappa shape index (κ2) is 15.1. The summed E-state index contributed by atoms with van der Waals surface area (Å²) < 4.78 is 0. The van der Waals surface area contributed by atoms with Crippen LogP contribution in [0.5, 0.6) is 0 Å². The van der Waals surface area contributed by atoms with Crippen LogP contribution in [-0.2, 0) is 5.41 Å². The van der Waals surface area contributed by atoms with E-state index in [4.69, 9.17) is 9.97 Å². The molecule has 0 N–H and O–H groups in total. The van der Waals surface area contributed by atoms with E-state index in [0.29, 0.717) is 5.82 Å². The lowest BCUT2D eigenvalue weighted by atomic mass is 9.67. The summed E-state index contributed by atoms with van der Waals surface area (Å²) in [6.45, 7) is 0. The van der Waals surface area contributed by atoms with Crippen molar-refractivity contribution in [3.63, 3.8) is 0 Å². The molecule has 12 rings (SSSR count). The molecule has 1 aliphatic carbocycles. The molecule has 1 aromatic heterocycles. The Morgan fingerprint density at radius 2 is 0.794 bits per heavy atom. The molecular formula is C61H40N2. The average Bonchev–Trinajstić information content (AvgIpc) is 3.68. The molecule has 63 heavy (non-hydrogen) atoms. The summed E-state index contributed by atoms with van der Waals surface area (Å²) in [7, 11) is 0. The zero-order valence-electron chi connectivity index (χ0n) is 34.5. The number of benzene rings is 10. The highest BCUT2D eigenvalue weighted by atomic mass is 14.9. The third kappa shape index (κ3) is 5.95. The lowest BCUT2D eigenvalue weighted by molar-refractivity contribution is 0.769. The van der Waals surface area contributed by atoms with Crippen molar-refractivity contribution in [2.45, 2.75) is 5.41 Å². The molecule has 0 radical (unpaired) electrons. The Kier molecular flexibility index (Phi) is 8.76. The highest BCUT2D eigenvalue weighted by molar-refractivity contribution is 6.08. The molecule has 0 atom stereocenters. The minimum Gasteiger partial charge on any atom is -0.228 e. The highest BCUT2D eigenvalue weighted by Gasteiger charge is 2.46. The minimum atomic E-state index is -0.484. The maximum atomic E-state index is 5.32. The molecule has 10 aromatic carbocycles. The summed E-state index contributed by atoms with van der Waals surface area (Å²) in [6, 6.07) is 87.7. The topological polar surface area (TPSA) is 25.8 Å². The zero-order chi connectivity index (χ0) is 41.7. The predicted octanol–water partition coefficient (Wildman–Crippen LogP) is 15.5. The second-order valence-electron chi connectivity index (χ2n) is 16.4. The van der Waals surface area contributed by atoms with E-state index in [1.54, 1.807) is 0 Å². The van der Waals surface area contributed by atoms with Crippen LogP contribution in [0.15, 0.2) is 243 Å². The normalized spacial score (nSPS) is 12.6. The van der Waals surface area contributed by atoms with Crippen LogP contribution in [0.3, 0.4) is 0 Å². The van der Waals surface area contributed by atoms with Crippen LogP contribution in [-0.4, -0.2) is 9.97 Å². The molecule has 0 aliphatic heterocycles. The van der Waals surface area contributed by atoms with Crippen LogP contribution < -0.4 is 0 Å². The summed E-state index contributed by atoms with van der Waals surface area (Å²) in [4.78, 5) is 10.6. The van der Waals surface area contributed by atoms with Crippen LogP contribution in [0.25, 0.3) is 88.8 Å². The van der Waals surface area contributed by atoms with Crippen molar-refractivity contribution in [1.82, 2.24) is 9.97 Å². The lowest BCUT2D eigenvalue weighted by Crippen LogP contribution is -2.28. The third-order valence-electron chi connectivity index (χ3n) is 13.0. The quantitative estimate of drug-likeness (QED) is 0.160. The first kappa shape index (κ1) is 36.6.